The zero-order valence-corrected chi connectivity index (χ0v) is 22.8. The van der Waals surface area contributed by atoms with Gasteiger partial charge in [0, 0.05) is 34.8 Å². The smallest absolute Gasteiger partial charge is 0.258 e. The van der Waals surface area contributed by atoms with Gasteiger partial charge in [0.2, 0.25) is 0 Å². The van der Waals surface area contributed by atoms with Crippen LogP contribution in [0.5, 0.6) is 0 Å². The number of fused-ring (bicyclic) bond motifs is 1. The number of hydrogen-bond donors (Lipinski definition) is 3. The summed E-state index contributed by atoms with van der Waals surface area (Å²) in [4.78, 5) is 28.1. The number of aliphatic hydroxyl groups is 2. The number of halogens is 3. The van der Waals surface area contributed by atoms with Gasteiger partial charge in [-0.1, -0.05) is 48.0 Å². The molecule has 2 atom stereocenters. The molecule has 210 valence electrons. The van der Waals surface area contributed by atoms with Crippen LogP contribution in [-0.2, 0) is 5.60 Å². The summed E-state index contributed by atoms with van der Waals surface area (Å²) >= 11 is 6.13. The van der Waals surface area contributed by atoms with Gasteiger partial charge in [-0.3, -0.25) is 9.59 Å². The third-order valence-electron chi connectivity index (χ3n) is 7.54. The average Bonchev–Trinajstić information content (AvgIpc) is 3.05. The molecule has 1 heterocycles. The molecular formula is C32H27ClF2N2O4. The number of amides is 2. The van der Waals surface area contributed by atoms with E-state index in [2.05, 4.69) is 5.32 Å². The van der Waals surface area contributed by atoms with Crippen LogP contribution in [0, 0.1) is 5.82 Å². The Bertz CT molecular complexity index is 1610. The summed E-state index contributed by atoms with van der Waals surface area (Å²) in [6.45, 7) is 0.214. The second-order valence-electron chi connectivity index (χ2n) is 10.2. The van der Waals surface area contributed by atoms with Gasteiger partial charge in [-0.25, -0.2) is 8.78 Å². The first kappa shape index (κ1) is 28.4. The number of carbonyl (C=O) groups excluding carboxylic acids is 2. The van der Waals surface area contributed by atoms with Crippen LogP contribution < -0.4 is 10.2 Å². The highest BCUT2D eigenvalue weighted by atomic mass is 35.5. The molecule has 5 rings (SSSR count). The molecule has 1 unspecified atom stereocenters. The Hall–Kier alpha value is -4.11. The highest BCUT2D eigenvalue weighted by Crippen LogP contribution is 2.46. The quantitative estimate of drug-likeness (QED) is 0.258. The van der Waals surface area contributed by atoms with E-state index in [0.717, 1.165) is 5.56 Å². The summed E-state index contributed by atoms with van der Waals surface area (Å²) in [5, 5.41) is 24.1. The molecule has 0 bridgehead atoms. The fourth-order valence-corrected chi connectivity index (χ4v) is 5.26. The van der Waals surface area contributed by atoms with Gasteiger partial charge in [0.25, 0.3) is 11.8 Å². The number of nitrogens with zero attached hydrogens (tertiary/aromatic N) is 1. The zero-order valence-electron chi connectivity index (χ0n) is 22.1. The number of alkyl halides is 1. The van der Waals surface area contributed by atoms with Gasteiger partial charge < -0.3 is 20.4 Å². The zero-order chi connectivity index (χ0) is 29.4. The number of anilines is 2. The van der Waals surface area contributed by atoms with Crippen LogP contribution in [-0.4, -0.2) is 40.8 Å². The lowest BCUT2D eigenvalue weighted by atomic mass is 9.79. The van der Waals surface area contributed by atoms with Crippen molar-refractivity contribution in [3.8, 4) is 11.1 Å². The van der Waals surface area contributed by atoms with E-state index in [1.165, 1.54) is 66.4 Å². The summed E-state index contributed by atoms with van der Waals surface area (Å²) < 4.78 is 29.7. The molecule has 0 saturated carbocycles. The lowest BCUT2D eigenvalue weighted by Gasteiger charge is -2.37. The van der Waals surface area contributed by atoms with Crippen molar-refractivity contribution in [2.75, 3.05) is 23.4 Å². The van der Waals surface area contributed by atoms with Crippen molar-refractivity contribution in [3.05, 3.63) is 119 Å². The first-order chi connectivity index (χ1) is 19.5. The number of benzene rings is 4. The lowest BCUT2D eigenvalue weighted by molar-refractivity contribution is -0.130. The molecule has 1 aliphatic heterocycles. The summed E-state index contributed by atoms with van der Waals surface area (Å²) in [6, 6.07) is 23.6. The molecule has 6 nitrogen and oxygen atoms in total. The topological polar surface area (TPSA) is 89.9 Å². The number of carbonyl (C=O) groups is 2. The molecule has 0 radical (unpaired) electrons. The Kier molecular flexibility index (Phi) is 7.66. The molecule has 0 saturated heterocycles. The van der Waals surface area contributed by atoms with E-state index in [9.17, 15) is 24.2 Å². The number of nitrogens with one attached hydrogen (secondary N) is 1. The summed E-state index contributed by atoms with van der Waals surface area (Å²) in [7, 11) is 0. The summed E-state index contributed by atoms with van der Waals surface area (Å²) in [6.07, 6.45) is -0.242. The van der Waals surface area contributed by atoms with E-state index in [1.54, 1.807) is 6.07 Å². The number of aliphatic hydroxyl groups excluding tert-OH is 1. The highest BCUT2D eigenvalue weighted by molar-refractivity contribution is 6.30. The van der Waals surface area contributed by atoms with Gasteiger partial charge in [0.05, 0.1) is 17.9 Å². The van der Waals surface area contributed by atoms with Crippen LogP contribution >= 0.6 is 11.6 Å². The maximum absolute atomic E-state index is 15.7. The van der Waals surface area contributed by atoms with Crippen LogP contribution in [0.4, 0.5) is 20.2 Å². The maximum atomic E-state index is 15.7. The van der Waals surface area contributed by atoms with Crippen LogP contribution in [0.15, 0.2) is 91.0 Å². The minimum absolute atomic E-state index is 0.0107. The van der Waals surface area contributed by atoms with Gasteiger partial charge in [-0.05, 0) is 72.6 Å². The molecule has 4 aromatic carbocycles. The largest absolute Gasteiger partial charge is 0.393 e. The third-order valence-corrected chi connectivity index (χ3v) is 7.77. The fraction of sp³-hybridized carbons (Fsp3) is 0.188. The van der Waals surface area contributed by atoms with Gasteiger partial charge >= 0.3 is 0 Å². The Morgan fingerprint density at radius 2 is 1.71 bits per heavy atom. The van der Waals surface area contributed by atoms with Gasteiger partial charge in [0.15, 0.2) is 0 Å². The predicted octanol–water partition coefficient (Wildman–Crippen LogP) is 6.36. The standard InChI is InChI=1S/C32H27ClF2N2O4/c1-31(35)15-16-37(28-14-9-22(33)17-27(28)32(31,41)19-38)30(40)21-7-11-24(12-8-21)36-29(39)26-18-23(34)10-13-25(26)20-5-3-2-4-6-20/h2-14,17-18,38,41H,15-16,19H2,1H3,(H,36,39)/t31?,32-/m0/s1. The molecule has 2 amide bonds. The molecule has 9 heteroatoms. The van der Waals surface area contributed by atoms with Crippen molar-refractivity contribution < 1.29 is 28.6 Å². The second kappa shape index (κ2) is 11.0. The number of hydrogen-bond acceptors (Lipinski definition) is 4. The van der Waals surface area contributed by atoms with Gasteiger partial charge in [-0.15, -0.1) is 0 Å². The van der Waals surface area contributed by atoms with E-state index in [0.29, 0.717) is 11.3 Å². The SMILES string of the molecule is CC1(F)CCN(C(=O)c2ccc(NC(=O)c3cc(F)ccc3-c3ccccc3)cc2)c2ccc(Cl)cc2[C@@]1(O)CO. The maximum Gasteiger partial charge on any atom is 0.258 e. The van der Waals surface area contributed by atoms with Gasteiger partial charge in [-0.2, -0.15) is 0 Å². The minimum Gasteiger partial charge on any atom is -0.393 e. The molecule has 0 spiro atoms. The normalized spacial score (nSPS) is 20.2. The third kappa shape index (κ3) is 5.34. The molecule has 0 aromatic heterocycles. The highest BCUT2D eigenvalue weighted by Gasteiger charge is 2.52. The first-order valence-corrected chi connectivity index (χ1v) is 13.3. The van der Waals surface area contributed by atoms with E-state index in [1.807, 2.05) is 30.3 Å². The van der Waals surface area contributed by atoms with Crippen molar-refractivity contribution in [2.45, 2.75) is 24.6 Å². The van der Waals surface area contributed by atoms with Crippen LogP contribution in [0.3, 0.4) is 0 Å². The van der Waals surface area contributed by atoms with Crippen LogP contribution in [0.1, 0.15) is 39.6 Å². The first-order valence-electron chi connectivity index (χ1n) is 12.9. The average molecular weight is 577 g/mol. The van der Waals surface area contributed by atoms with Crippen molar-refractivity contribution in [3.63, 3.8) is 0 Å². The lowest BCUT2D eigenvalue weighted by Crippen LogP contribution is -2.49. The predicted molar refractivity (Wildman–Crippen MR) is 154 cm³/mol. The summed E-state index contributed by atoms with van der Waals surface area (Å²) in [5.74, 6) is -1.54. The van der Waals surface area contributed by atoms with E-state index in [4.69, 9.17) is 11.6 Å². The van der Waals surface area contributed by atoms with E-state index < -0.39 is 35.5 Å². The van der Waals surface area contributed by atoms with Crippen molar-refractivity contribution in [1.82, 2.24) is 0 Å². The Morgan fingerprint density at radius 3 is 2.39 bits per heavy atom. The molecule has 41 heavy (non-hydrogen) atoms. The Balaban J connectivity index is 1.41. The van der Waals surface area contributed by atoms with Crippen LogP contribution in [0.25, 0.3) is 11.1 Å². The van der Waals surface area contributed by atoms with Crippen molar-refractivity contribution in [1.29, 1.82) is 0 Å². The fourth-order valence-electron chi connectivity index (χ4n) is 5.09. The molecular weight excluding hydrogens is 550 g/mol. The number of rotatable bonds is 5. The molecule has 0 fully saturated rings. The Morgan fingerprint density at radius 1 is 1.00 bits per heavy atom. The molecule has 4 aromatic rings. The van der Waals surface area contributed by atoms with E-state index in [-0.39, 0.29) is 40.4 Å². The van der Waals surface area contributed by atoms with Crippen molar-refractivity contribution in [2.24, 2.45) is 0 Å². The molecule has 3 N–H and O–H groups in total. The van der Waals surface area contributed by atoms with Crippen LogP contribution in [0.2, 0.25) is 5.02 Å². The van der Waals surface area contributed by atoms with Crippen molar-refractivity contribution >= 4 is 34.8 Å². The Labute approximate surface area is 240 Å². The van der Waals surface area contributed by atoms with Gasteiger partial charge in [0.1, 0.15) is 17.1 Å². The summed E-state index contributed by atoms with van der Waals surface area (Å²) in [5.41, 5.74) is -2.17. The molecule has 1 aliphatic rings. The second-order valence-corrected chi connectivity index (χ2v) is 10.6. The minimum atomic E-state index is -2.27. The van der Waals surface area contributed by atoms with E-state index >= 15 is 4.39 Å². The monoisotopic (exact) mass is 576 g/mol. The molecule has 0 aliphatic carbocycles.